The van der Waals surface area contributed by atoms with Gasteiger partial charge in [-0.2, -0.15) is 0 Å². The molecule has 146 valence electrons. The summed E-state index contributed by atoms with van der Waals surface area (Å²) in [6.07, 6.45) is 3.38. The van der Waals surface area contributed by atoms with Crippen LogP contribution in [0.5, 0.6) is 11.6 Å². The van der Waals surface area contributed by atoms with Crippen molar-refractivity contribution in [1.29, 1.82) is 0 Å². The number of nitrogens with zero attached hydrogens (tertiary/aromatic N) is 2. The van der Waals surface area contributed by atoms with Crippen LogP contribution >= 0.6 is 11.3 Å². The van der Waals surface area contributed by atoms with Crippen molar-refractivity contribution in [3.05, 3.63) is 83.4 Å². The van der Waals surface area contributed by atoms with Gasteiger partial charge in [-0.1, -0.05) is 12.1 Å². The summed E-state index contributed by atoms with van der Waals surface area (Å²) in [5.41, 5.74) is 1.51. The standard InChI is InChI=1S/C21H16FN3O3S/c22-15-3-1-4-17(9-15)28-20-7-6-14(12-24-20)11-23-19(26)10-16-13-29-21(25-16)18-5-2-8-27-18/h1-9,12-13H,10-11H2,(H,23,26). The Morgan fingerprint density at radius 2 is 2.14 bits per heavy atom. The van der Waals surface area contributed by atoms with Crippen LogP contribution in [0.4, 0.5) is 4.39 Å². The minimum absolute atomic E-state index is 0.138. The molecule has 1 N–H and O–H groups in total. The Labute approximate surface area is 170 Å². The topological polar surface area (TPSA) is 77.2 Å². The van der Waals surface area contributed by atoms with Crippen LogP contribution in [0, 0.1) is 5.82 Å². The molecule has 3 aromatic heterocycles. The van der Waals surface area contributed by atoms with Gasteiger partial charge in [-0.05, 0) is 29.8 Å². The summed E-state index contributed by atoms with van der Waals surface area (Å²) in [6, 6.07) is 12.9. The predicted octanol–water partition coefficient (Wildman–Crippen LogP) is 4.59. The molecule has 8 heteroatoms. The van der Waals surface area contributed by atoms with E-state index in [2.05, 4.69) is 15.3 Å². The number of pyridine rings is 1. The highest BCUT2D eigenvalue weighted by molar-refractivity contribution is 7.13. The second kappa shape index (κ2) is 8.66. The maximum absolute atomic E-state index is 13.2. The molecule has 0 spiro atoms. The van der Waals surface area contributed by atoms with Crippen LogP contribution in [-0.4, -0.2) is 15.9 Å². The number of benzene rings is 1. The molecular formula is C21H16FN3O3S. The SMILES string of the molecule is O=C(Cc1csc(-c2ccco2)n1)NCc1ccc(Oc2cccc(F)c2)nc1. The molecule has 1 amide bonds. The number of nitrogens with one attached hydrogen (secondary N) is 1. The fourth-order valence-electron chi connectivity index (χ4n) is 2.56. The molecule has 0 bridgehead atoms. The van der Waals surface area contributed by atoms with Crippen molar-refractivity contribution in [3.8, 4) is 22.4 Å². The first kappa shape index (κ1) is 18.8. The summed E-state index contributed by atoms with van der Waals surface area (Å²) in [5.74, 6) is 0.891. The number of thiazole rings is 1. The van der Waals surface area contributed by atoms with Gasteiger partial charge in [0.2, 0.25) is 11.8 Å². The number of hydrogen-bond donors (Lipinski definition) is 1. The first-order valence-corrected chi connectivity index (χ1v) is 9.67. The Morgan fingerprint density at radius 3 is 2.90 bits per heavy atom. The normalized spacial score (nSPS) is 10.7. The van der Waals surface area contributed by atoms with Gasteiger partial charge in [-0.25, -0.2) is 14.4 Å². The second-order valence-corrected chi connectivity index (χ2v) is 7.00. The van der Waals surface area contributed by atoms with E-state index in [0.717, 1.165) is 10.6 Å². The monoisotopic (exact) mass is 409 g/mol. The Morgan fingerprint density at radius 1 is 1.21 bits per heavy atom. The quantitative estimate of drug-likeness (QED) is 0.483. The van der Waals surface area contributed by atoms with Crippen molar-refractivity contribution in [3.63, 3.8) is 0 Å². The summed E-state index contributed by atoms with van der Waals surface area (Å²) in [7, 11) is 0. The zero-order valence-corrected chi connectivity index (χ0v) is 16.0. The lowest BCUT2D eigenvalue weighted by molar-refractivity contribution is -0.120. The third kappa shape index (κ3) is 5.05. The number of amides is 1. The van der Waals surface area contributed by atoms with Gasteiger partial charge >= 0.3 is 0 Å². The number of furan rings is 1. The van der Waals surface area contributed by atoms with Gasteiger partial charge in [-0.15, -0.1) is 11.3 Å². The number of rotatable bonds is 7. The van der Waals surface area contributed by atoms with Crippen LogP contribution in [0.3, 0.4) is 0 Å². The second-order valence-electron chi connectivity index (χ2n) is 6.14. The number of aromatic nitrogens is 2. The molecule has 4 aromatic rings. The largest absolute Gasteiger partial charge is 0.462 e. The van der Waals surface area contributed by atoms with Crippen molar-refractivity contribution >= 4 is 17.2 Å². The van der Waals surface area contributed by atoms with Gasteiger partial charge in [0.05, 0.1) is 18.4 Å². The molecule has 0 saturated carbocycles. The number of carbonyl (C=O) groups is 1. The van der Waals surface area contributed by atoms with Gasteiger partial charge in [0, 0.05) is 30.3 Å². The Hall–Kier alpha value is -3.52. The zero-order valence-electron chi connectivity index (χ0n) is 15.2. The summed E-state index contributed by atoms with van der Waals surface area (Å²) < 4.78 is 24.0. The fourth-order valence-corrected chi connectivity index (χ4v) is 3.34. The lowest BCUT2D eigenvalue weighted by atomic mass is 10.2. The molecule has 1 aromatic carbocycles. The van der Waals surface area contributed by atoms with Gasteiger partial charge in [0.15, 0.2) is 10.8 Å². The zero-order chi connectivity index (χ0) is 20.1. The van der Waals surface area contributed by atoms with Crippen molar-refractivity contribution < 1.29 is 18.3 Å². The van der Waals surface area contributed by atoms with E-state index in [4.69, 9.17) is 9.15 Å². The molecule has 29 heavy (non-hydrogen) atoms. The van der Waals surface area contributed by atoms with Crippen molar-refractivity contribution in [1.82, 2.24) is 15.3 Å². The molecule has 4 rings (SSSR count). The maximum Gasteiger partial charge on any atom is 0.226 e. The lowest BCUT2D eigenvalue weighted by Crippen LogP contribution is -2.24. The van der Waals surface area contributed by atoms with Crippen LogP contribution in [0.25, 0.3) is 10.8 Å². The molecule has 0 atom stereocenters. The fraction of sp³-hybridized carbons (Fsp3) is 0.0952. The van der Waals surface area contributed by atoms with Crippen LogP contribution < -0.4 is 10.1 Å². The van der Waals surface area contributed by atoms with Gasteiger partial charge in [0.25, 0.3) is 0 Å². The Kier molecular flexibility index (Phi) is 5.62. The van der Waals surface area contributed by atoms with E-state index < -0.39 is 0 Å². The van der Waals surface area contributed by atoms with Crippen molar-refractivity contribution in [2.45, 2.75) is 13.0 Å². The van der Waals surface area contributed by atoms with Crippen LogP contribution in [-0.2, 0) is 17.8 Å². The molecule has 0 unspecified atom stereocenters. The van der Waals surface area contributed by atoms with Gasteiger partial charge in [-0.3, -0.25) is 4.79 Å². The van der Waals surface area contributed by atoms with E-state index in [0.29, 0.717) is 29.6 Å². The third-order valence-electron chi connectivity index (χ3n) is 3.93. The molecule has 0 radical (unpaired) electrons. The maximum atomic E-state index is 13.2. The average molecular weight is 409 g/mol. The number of halogens is 1. The minimum Gasteiger partial charge on any atom is -0.462 e. The average Bonchev–Trinajstić information content (AvgIpc) is 3.39. The van der Waals surface area contributed by atoms with E-state index in [1.165, 1.54) is 23.5 Å². The van der Waals surface area contributed by atoms with Gasteiger partial charge < -0.3 is 14.5 Å². The van der Waals surface area contributed by atoms with Crippen molar-refractivity contribution in [2.75, 3.05) is 0 Å². The highest BCUT2D eigenvalue weighted by atomic mass is 32.1. The van der Waals surface area contributed by atoms with E-state index in [-0.39, 0.29) is 18.1 Å². The van der Waals surface area contributed by atoms with Crippen molar-refractivity contribution in [2.24, 2.45) is 0 Å². The molecular weight excluding hydrogens is 393 g/mol. The summed E-state index contributed by atoms with van der Waals surface area (Å²) >= 11 is 1.43. The molecule has 0 saturated heterocycles. The van der Waals surface area contributed by atoms with E-state index >= 15 is 0 Å². The number of carbonyl (C=O) groups excluding carboxylic acids is 1. The molecule has 6 nitrogen and oxygen atoms in total. The lowest BCUT2D eigenvalue weighted by Gasteiger charge is -2.07. The highest BCUT2D eigenvalue weighted by Crippen LogP contribution is 2.24. The first-order valence-electron chi connectivity index (χ1n) is 8.79. The van der Waals surface area contributed by atoms with E-state index in [1.54, 1.807) is 42.8 Å². The molecule has 0 fully saturated rings. The van der Waals surface area contributed by atoms with E-state index in [1.807, 2.05) is 11.4 Å². The summed E-state index contributed by atoms with van der Waals surface area (Å²) in [6.45, 7) is 0.335. The van der Waals surface area contributed by atoms with Crippen LogP contribution in [0.15, 0.2) is 70.8 Å². The molecule has 0 aliphatic rings. The third-order valence-corrected chi connectivity index (χ3v) is 4.84. The van der Waals surface area contributed by atoms with Gasteiger partial charge in [0.1, 0.15) is 11.6 Å². The molecule has 3 heterocycles. The highest BCUT2D eigenvalue weighted by Gasteiger charge is 2.10. The van der Waals surface area contributed by atoms with Crippen LogP contribution in [0.1, 0.15) is 11.3 Å². The Bertz CT molecular complexity index is 1090. The number of hydrogen-bond acceptors (Lipinski definition) is 6. The Balaban J connectivity index is 1.28. The van der Waals surface area contributed by atoms with Crippen LogP contribution in [0.2, 0.25) is 0 Å². The predicted molar refractivity (Wildman–Crippen MR) is 106 cm³/mol. The number of ether oxygens (including phenoxy) is 1. The first-order chi connectivity index (χ1) is 14.2. The molecule has 0 aliphatic carbocycles. The molecule has 0 aliphatic heterocycles. The van der Waals surface area contributed by atoms with E-state index in [9.17, 15) is 9.18 Å². The summed E-state index contributed by atoms with van der Waals surface area (Å²) in [4.78, 5) is 20.8. The smallest absolute Gasteiger partial charge is 0.226 e. The summed E-state index contributed by atoms with van der Waals surface area (Å²) in [5, 5.41) is 5.43. The minimum atomic E-state index is -0.377.